The lowest BCUT2D eigenvalue weighted by atomic mass is 9.94. The van der Waals surface area contributed by atoms with Crippen molar-refractivity contribution in [1.29, 1.82) is 0 Å². The van der Waals surface area contributed by atoms with Crippen molar-refractivity contribution in [3.63, 3.8) is 0 Å². The summed E-state index contributed by atoms with van der Waals surface area (Å²) in [5.41, 5.74) is 5.95. The first kappa shape index (κ1) is 13.1. The normalized spacial score (nSPS) is 26.1. The van der Waals surface area contributed by atoms with Crippen LogP contribution >= 0.6 is 11.3 Å². The van der Waals surface area contributed by atoms with E-state index in [4.69, 9.17) is 5.73 Å². The number of rotatable bonds is 4. The van der Waals surface area contributed by atoms with Crippen LogP contribution in [-0.2, 0) is 6.54 Å². The molecule has 1 aromatic heterocycles. The van der Waals surface area contributed by atoms with Gasteiger partial charge in [0.05, 0.1) is 0 Å². The summed E-state index contributed by atoms with van der Waals surface area (Å²) in [7, 11) is 2.26. The average Bonchev–Trinajstić information content (AvgIpc) is 2.71. The number of nitrogens with two attached hydrogens (primary N) is 1. The first-order valence-corrected chi connectivity index (χ1v) is 7.62. The molecule has 17 heavy (non-hydrogen) atoms. The minimum Gasteiger partial charge on any atom is -0.330 e. The second-order valence-corrected chi connectivity index (χ2v) is 6.23. The van der Waals surface area contributed by atoms with Crippen molar-refractivity contribution in [1.82, 2.24) is 4.90 Å². The molecule has 0 bridgehead atoms. The molecule has 0 radical (unpaired) electrons. The topological polar surface area (TPSA) is 29.3 Å². The zero-order chi connectivity index (χ0) is 12.1. The van der Waals surface area contributed by atoms with Crippen molar-refractivity contribution < 1.29 is 0 Å². The van der Waals surface area contributed by atoms with Gasteiger partial charge in [0.1, 0.15) is 0 Å². The molecule has 2 atom stereocenters. The van der Waals surface area contributed by atoms with Crippen LogP contribution in [0.4, 0.5) is 0 Å². The van der Waals surface area contributed by atoms with Crippen molar-refractivity contribution >= 4 is 11.3 Å². The van der Waals surface area contributed by atoms with Gasteiger partial charge in [-0.2, -0.15) is 0 Å². The zero-order valence-corrected chi connectivity index (χ0v) is 11.6. The fourth-order valence-corrected chi connectivity index (χ4v) is 3.75. The van der Waals surface area contributed by atoms with Crippen molar-refractivity contribution in [2.24, 2.45) is 11.7 Å². The summed E-state index contributed by atoms with van der Waals surface area (Å²) in [4.78, 5) is 3.99. The van der Waals surface area contributed by atoms with E-state index in [0.717, 1.165) is 13.1 Å². The number of hydrogen-bond donors (Lipinski definition) is 1. The molecule has 1 saturated carbocycles. The molecule has 96 valence electrons. The minimum atomic E-state index is 0.685. The number of nitrogens with zero attached hydrogens (tertiary/aromatic N) is 1. The maximum Gasteiger partial charge on any atom is 0.0327 e. The summed E-state index contributed by atoms with van der Waals surface area (Å²) in [5, 5.41) is 2.16. The van der Waals surface area contributed by atoms with E-state index in [1.807, 2.05) is 11.3 Å². The molecule has 0 amide bonds. The molecule has 3 heteroatoms. The van der Waals surface area contributed by atoms with Gasteiger partial charge in [-0.1, -0.05) is 25.3 Å². The third-order valence-electron chi connectivity index (χ3n) is 3.97. The van der Waals surface area contributed by atoms with E-state index in [9.17, 15) is 0 Å². The Bertz CT molecular complexity index is 310. The molecule has 1 fully saturated rings. The Morgan fingerprint density at radius 3 is 2.88 bits per heavy atom. The summed E-state index contributed by atoms with van der Waals surface area (Å²) in [6.07, 6.45) is 6.76. The van der Waals surface area contributed by atoms with Crippen LogP contribution in [0.5, 0.6) is 0 Å². The van der Waals surface area contributed by atoms with E-state index >= 15 is 0 Å². The number of hydrogen-bond acceptors (Lipinski definition) is 3. The zero-order valence-electron chi connectivity index (χ0n) is 10.8. The third kappa shape index (κ3) is 3.54. The van der Waals surface area contributed by atoms with Gasteiger partial charge in [0.15, 0.2) is 0 Å². The maximum absolute atomic E-state index is 5.95. The van der Waals surface area contributed by atoms with Crippen LogP contribution in [-0.4, -0.2) is 24.5 Å². The number of thiophene rings is 1. The fourth-order valence-electron chi connectivity index (χ4n) is 2.99. The predicted octanol–water partition coefficient (Wildman–Crippen LogP) is 3.09. The second kappa shape index (κ2) is 6.53. The Morgan fingerprint density at radius 2 is 2.18 bits per heavy atom. The van der Waals surface area contributed by atoms with Crippen molar-refractivity contribution in [3.05, 3.63) is 22.4 Å². The standard InChI is InChI=1S/C14H24N2S/c1-16(11-13-7-5-9-17-13)14-8-4-2-3-6-12(14)10-15/h5,7,9,12,14H,2-4,6,8,10-11,15H2,1H3. The maximum atomic E-state index is 5.95. The van der Waals surface area contributed by atoms with Gasteiger partial charge in [-0.3, -0.25) is 4.90 Å². The second-order valence-electron chi connectivity index (χ2n) is 5.20. The van der Waals surface area contributed by atoms with Crippen LogP contribution in [0.2, 0.25) is 0 Å². The highest BCUT2D eigenvalue weighted by Gasteiger charge is 2.25. The Balaban J connectivity index is 1.97. The minimum absolute atomic E-state index is 0.685. The van der Waals surface area contributed by atoms with Crippen LogP contribution in [0.3, 0.4) is 0 Å². The first-order chi connectivity index (χ1) is 8.31. The van der Waals surface area contributed by atoms with E-state index in [-0.39, 0.29) is 0 Å². The first-order valence-electron chi connectivity index (χ1n) is 6.74. The molecule has 2 rings (SSSR count). The highest BCUT2D eigenvalue weighted by Crippen LogP contribution is 2.27. The van der Waals surface area contributed by atoms with Gasteiger partial charge in [-0.05, 0) is 43.8 Å². The molecule has 1 aliphatic rings. The van der Waals surface area contributed by atoms with Gasteiger partial charge in [0.2, 0.25) is 0 Å². The van der Waals surface area contributed by atoms with E-state index in [0.29, 0.717) is 12.0 Å². The van der Waals surface area contributed by atoms with Crippen molar-refractivity contribution in [2.75, 3.05) is 13.6 Å². The van der Waals surface area contributed by atoms with Gasteiger partial charge in [-0.25, -0.2) is 0 Å². The molecule has 0 saturated heterocycles. The quantitative estimate of drug-likeness (QED) is 0.834. The molecular weight excluding hydrogens is 228 g/mol. The molecule has 0 aliphatic heterocycles. The lowest BCUT2D eigenvalue weighted by Crippen LogP contribution is -2.40. The van der Waals surface area contributed by atoms with E-state index in [2.05, 4.69) is 29.5 Å². The fraction of sp³-hybridized carbons (Fsp3) is 0.714. The Morgan fingerprint density at radius 1 is 1.35 bits per heavy atom. The lowest BCUT2D eigenvalue weighted by Gasteiger charge is -2.32. The molecule has 0 aromatic carbocycles. The van der Waals surface area contributed by atoms with Crippen LogP contribution in [0.15, 0.2) is 17.5 Å². The van der Waals surface area contributed by atoms with Crippen LogP contribution in [0, 0.1) is 5.92 Å². The monoisotopic (exact) mass is 252 g/mol. The third-order valence-corrected chi connectivity index (χ3v) is 4.83. The summed E-state index contributed by atoms with van der Waals surface area (Å²) in [6, 6.07) is 5.06. The average molecular weight is 252 g/mol. The molecule has 2 nitrogen and oxygen atoms in total. The predicted molar refractivity (Wildman–Crippen MR) is 75.2 cm³/mol. The van der Waals surface area contributed by atoms with Gasteiger partial charge in [-0.15, -0.1) is 11.3 Å². The largest absolute Gasteiger partial charge is 0.330 e. The summed E-state index contributed by atoms with van der Waals surface area (Å²) in [5.74, 6) is 0.697. The smallest absolute Gasteiger partial charge is 0.0327 e. The van der Waals surface area contributed by atoms with E-state index < -0.39 is 0 Å². The lowest BCUT2D eigenvalue weighted by molar-refractivity contribution is 0.162. The molecule has 1 heterocycles. The van der Waals surface area contributed by atoms with E-state index in [1.54, 1.807) is 0 Å². The molecule has 1 aliphatic carbocycles. The molecular formula is C14H24N2S. The molecule has 1 aromatic rings. The van der Waals surface area contributed by atoms with Crippen molar-refractivity contribution in [2.45, 2.75) is 44.7 Å². The highest BCUT2D eigenvalue weighted by atomic mass is 32.1. The van der Waals surface area contributed by atoms with Crippen LogP contribution in [0.1, 0.15) is 37.0 Å². The molecule has 2 unspecified atom stereocenters. The Labute approximate surface area is 109 Å². The van der Waals surface area contributed by atoms with Gasteiger partial charge < -0.3 is 5.73 Å². The van der Waals surface area contributed by atoms with Crippen molar-refractivity contribution in [3.8, 4) is 0 Å². The van der Waals surface area contributed by atoms with Gasteiger partial charge >= 0.3 is 0 Å². The Kier molecular flexibility index (Phi) is 5.01. The van der Waals surface area contributed by atoms with Crippen LogP contribution < -0.4 is 5.73 Å². The molecule has 0 spiro atoms. The van der Waals surface area contributed by atoms with Gasteiger partial charge in [0, 0.05) is 17.5 Å². The van der Waals surface area contributed by atoms with Crippen LogP contribution in [0.25, 0.3) is 0 Å². The highest BCUT2D eigenvalue weighted by molar-refractivity contribution is 7.09. The summed E-state index contributed by atoms with van der Waals surface area (Å²) in [6.45, 7) is 1.93. The molecule has 2 N–H and O–H groups in total. The van der Waals surface area contributed by atoms with E-state index in [1.165, 1.54) is 37.0 Å². The SMILES string of the molecule is CN(Cc1cccs1)C1CCCCCC1CN. The summed E-state index contributed by atoms with van der Waals surface area (Å²) >= 11 is 1.86. The Hall–Kier alpha value is -0.380. The summed E-state index contributed by atoms with van der Waals surface area (Å²) < 4.78 is 0. The van der Waals surface area contributed by atoms with Gasteiger partial charge in [0.25, 0.3) is 0 Å².